The van der Waals surface area contributed by atoms with Gasteiger partial charge in [0.1, 0.15) is 17.4 Å². The predicted octanol–water partition coefficient (Wildman–Crippen LogP) is 1.34. The van der Waals surface area contributed by atoms with Crippen LogP contribution in [-0.2, 0) is 9.59 Å². The molecule has 1 aliphatic rings. The maximum absolute atomic E-state index is 13.1. The molecule has 3 unspecified atom stereocenters. The first kappa shape index (κ1) is 19.7. The van der Waals surface area contributed by atoms with Crippen molar-refractivity contribution >= 4 is 11.8 Å². The summed E-state index contributed by atoms with van der Waals surface area (Å²) in [6.45, 7) is 1.84. The van der Waals surface area contributed by atoms with Gasteiger partial charge in [-0.3, -0.25) is 25.9 Å². The van der Waals surface area contributed by atoms with Crippen LogP contribution >= 0.6 is 0 Å². The molecule has 1 saturated heterocycles. The third kappa shape index (κ3) is 4.81. The number of halogens is 2. The SMILES string of the molecule is CC(Oc1ccc(F)cc1)C(=O)NNC(=O)C1CNNC1c1ccc(F)cc1. The molecular weight excluding hydrogens is 370 g/mol. The highest BCUT2D eigenvalue weighted by atomic mass is 19.1. The van der Waals surface area contributed by atoms with Gasteiger partial charge in [0.25, 0.3) is 5.91 Å². The molecule has 7 nitrogen and oxygen atoms in total. The lowest BCUT2D eigenvalue weighted by molar-refractivity contribution is -0.134. The molecule has 2 aromatic rings. The number of amides is 2. The zero-order chi connectivity index (χ0) is 20.1. The lowest BCUT2D eigenvalue weighted by Crippen LogP contribution is -2.50. The molecule has 4 N–H and O–H groups in total. The van der Waals surface area contributed by atoms with Gasteiger partial charge in [0, 0.05) is 6.54 Å². The topological polar surface area (TPSA) is 91.5 Å². The minimum absolute atomic E-state index is 0.330. The number of hydrogen-bond donors (Lipinski definition) is 4. The molecule has 148 valence electrons. The Labute approximate surface area is 160 Å². The van der Waals surface area contributed by atoms with Crippen LogP contribution in [0.5, 0.6) is 5.75 Å². The van der Waals surface area contributed by atoms with Gasteiger partial charge in [-0.15, -0.1) is 0 Å². The molecule has 3 rings (SSSR count). The molecule has 1 heterocycles. The number of rotatable bonds is 5. The van der Waals surface area contributed by atoms with Gasteiger partial charge in [0.05, 0.1) is 12.0 Å². The van der Waals surface area contributed by atoms with Crippen LogP contribution in [0.2, 0.25) is 0 Å². The van der Waals surface area contributed by atoms with E-state index in [4.69, 9.17) is 4.74 Å². The smallest absolute Gasteiger partial charge is 0.279 e. The van der Waals surface area contributed by atoms with Crippen LogP contribution in [0, 0.1) is 17.6 Å². The van der Waals surface area contributed by atoms with Crippen molar-refractivity contribution in [3.05, 3.63) is 65.7 Å². The monoisotopic (exact) mass is 390 g/mol. The van der Waals surface area contributed by atoms with Crippen LogP contribution in [0.25, 0.3) is 0 Å². The van der Waals surface area contributed by atoms with Crippen molar-refractivity contribution < 1.29 is 23.1 Å². The van der Waals surface area contributed by atoms with Crippen molar-refractivity contribution in [1.82, 2.24) is 21.7 Å². The highest BCUT2D eigenvalue weighted by molar-refractivity contribution is 5.86. The minimum Gasteiger partial charge on any atom is -0.481 e. The van der Waals surface area contributed by atoms with Gasteiger partial charge in [-0.1, -0.05) is 12.1 Å². The third-order valence-corrected chi connectivity index (χ3v) is 4.35. The summed E-state index contributed by atoms with van der Waals surface area (Å²) in [6, 6.07) is 10.7. The standard InChI is InChI=1S/C19H20F2N4O3/c1-11(28-15-8-6-14(21)7-9-15)18(26)24-25-19(27)16-10-22-23-17(16)12-2-4-13(20)5-3-12/h2-9,11,16-17,22-23H,10H2,1H3,(H,24,26)(H,25,27). The van der Waals surface area contributed by atoms with E-state index in [-0.39, 0.29) is 11.9 Å². The molecular formula is C19H20F2N4O3. The summed E-state index contributed by atoms with van der Waals surface area (Å²) < 4.78 is 31.4. The van der Waals surface area contributed by atoms with Crippen molar-refractivity contribution in [3.63, 3.8) is 0 Å². The largest absolute Gasteiger partial charge is 0.481 e. The maximum Gasteiger partial charge on any atom is 0.279 e. The Balaban J connectivity index is 1.53. The van der Waals surface area contributed by atoms with E-state index in [1.807, 2.05) is 0 Å². The molecule has 3 atom stereocenters. The molecule has 0 bridgehead atoms. The Hall–Kier alpha value is -3.04. The Morgan fingerprint density at radius 1 is 1.04 bits per heavy atom. The summed E-state index contributed by atoms with van der Waals surface area (Å²) in [5, 5.41) is 0. The Morgan fingerprint density at radius 3 is 2.29 bits per heavy atom. The molecule has 0 spiro atoms. The summed E-state index contributed by atoms with van der Waals surface area (Å²) in [7, 11) is 0. The fourth-order valence-corrected chi connectivity index (χ4v) is 2.82. The van der Waals surface area contributed by atoms with Crippen molar-refractivity contribution in [1.29, 1.82) is 0 Å². The van der Waals surface area contributed by atoms with Gasteiger partial charge < -0.3 is 4.74 Å². The van der Waals surface area contributed by atoms with Crippen molar-refractivity contribution in [3.8, 4) is 5.75 Å². The second-order valence-corrected chi connectivity index (χ2v) is 6.35. The molecule has 0 aromatic heterocycles. The van der Waals surface area contributed by atoms with Gasteiger partial charge in [-0.25, -0.2) is 14.2 Å². The van der Waals surface area contributed by atoms with E-state index >= 15 is 0 Å². The molecule has 2 aromatic carbocycles. The second kappa shape index (κ2) is 8.77. The van der Waals surface area contributed by atoms with Gasteiger partial charge >= 0.3 is 0 Å². The van der Waals surface area contributed by atoms with Crippen molar-refractivity contribution in [2.45, 2.75) is 19.1 Å². The molecule has 2 amide bonds. The zero-order valence-electron chi connectivity index (χ0n) is 15.0. The summed E-state index contributed by atoms with van der Waals surface area (Å²) in [4.78, 5) is 24.6. The average molecular weight is 390 g/mol. The van der Waals surface area contributed by atoms with Gasteiger partial charge in [-0.2, -0.15) is 0 Å². The van der Waals surface area contributed by atoms with Crippen LogP contribution in [0.3, 0.4) is 0 Å². The highest BCUT2D eigenvalue weighted by Gasteiger charge is 2.34. The highest BCUT2D eigenvalue weighted by Crippen LogP contribution is 2.25. The third-order valence-electron chi connectivity index (χ3n) is 4.35. The molecule has 9 heteroatoms. The lowest BCUT2D eigenvalue weighted by Gasteiger charge is -2.20. The fraction of sp³-hybridized carbons (Fsp3) is 0.263. The number of carbonyl (C=O) groups is 2. The van der Waals surface area contributed by atoms with Crippen LogP contribution < -0.4 is 26.4 Å². The van der Waals surface area contributed by atoms with E-state index in [1.165, 1.54) is 43.3 Å². The minimum atomic E-state index is -0.904. The molecule has 0 radical (unpaired) electrons. The van der Waals surface area contributed by atoms with Crippen molar-refractivity contribution in [2.75, 3.05) is 6.54 Å². The number of benzene rings is 2. The van der Waals surface area contributed by atoms with Gasteiger partial charge in [-0.05, 0) is 48.9 Å². The first-order valence-corrected chi connectivity index (χ1v) is 8.70. The lowest BCUT2D eigenvalue weighted by atomic mass is 9.94. The van der Waals surface area contributed by atoms with E-state index in [0.717, 1.165) is 5.56 Å². The average Bonchev–Trinajstić information content (AvgIpc) is 3.18. The molecule has 1 aliphatic heterocycles. The molecule has 0 saturated carbocycles. The van der Waals surface area contributed by atoms with Crippen LogP contribution in [0.1, 0.15) is 18.5 Å². The van der Waals surface area contributed by atoms with Gasteiger partial charge in [0.15, 0.2) is 6.10 Å². The number of ether oxygens (including phenoxy) is 1. The van der Waals surface area contributed by atoms with E-state index in [0.29, 0.717) is 12.3 Å². The summed E-state index contributed by atoms with van der Waals surface area (Å²) >= 11 is 0. The van der Waals surface area contributed by atoms with E-state index in [9.17, 15) is 18.4 Å². The number of carbonyl (C=O) groups excluding carboxylic acids is 2. The quantitative estimate of drug-likeness (QED) is 0.579. The Morgan fingerprint density at radius 2 is 1.64 bits per heavy atom. The summed E-state index contributed by atoms with van der Waals surface area (Å²) in [5.74, 6) is -1.93. The van der Waals surface area contributed by atoms with Crippen LogP contribution in [0.15, 0.2) is 48.5 Å². The normalized spacial score (nSPS) is 19.7. The predicted molar refractivity (Wildman–Crippen MR) is 96.5 cm³/mol. The van der Waals surface area contributed by atoms with E-state index in [2.05, 4.69) is 21.7 Å². The first-order chi connectivity index (χ1) is 13.4. The molecule has 0 aliphatic carbocycles. The number of hydrogen-bond acceptors (Lipinski definition) is 5. The fourth-order valence-electron chi connectivity index (χ4n) is 2.82. The molecule has 1 fully saturated rings. The van der Waals surface area contributed by atoms with E-state index in [1.54, 1.807) is 12.1 Å². The second-order valence-electron chi connectivity index (χ2n) is 6.35. The maximum atomic E-state index is 13.1. The zero-order valence-corrected chi connectivity index (χ0v) is 15.0. The van der Waals surface area contributed by atoms with E-state index < -0.39 is 29.7 Å². The number of nitrogens with one attached hydrogen (secondary N) is 4. The van der Waals surface area contributed by atoms with Crippen LogP contribution in [0.4, 0.5) is 8.78 Å². The Bertz CT molecular complexity index is 830. The number of hydrazine groups is 2. The molecule has 28 heavy (non-hydrogen) atoms. The van der Waals surface area contributed by atoms with Crippen LogP contribution in [-0.4, -0.2) is 24.5 Å². The Kier molecular flexibility index (Phi) is 6.17. The summed E-state index contributed by atoms with van der Waals surface area (Å²) in [6.07, 6.45) is -0.904. The van der Waals surface area contributed by atoms with Crippen molar-refractivity contribution in [2.24, 2.45) is 5.92 Å². The summed E-state index contributed by atoms with van der Waals surface area (Å²) in [5.41, 5.74) is 11.3. The first-order valence-electron chi connectivity index (χ1n) is 8.70. The van der Waals surface area contributed by atoms with Gasteiger partial charge in [0.2, 0.25) is 5.91 Å².